The van der Waals surface area contributed by atoms with Gasteiger partial charge in [-0.15, -0.1) is 12.4 Å². The van der Waals surface area contributed by atoms with Gasteiger partial charge in [0, 0.05) is 12.7 Å². The van der Waals surface area contributed by atoms with Crippen molar-refractivity contribution in [2.75, 3.05) is 19.6 Å². The molecule has 1 unspecified atom stereocenters. The van der Waals surface area contributed by atoms with Gasteiger partial charge in [-0.2, -0.15) is 18.3 Å². The highest BCUT2D eigenvalue weighted by atomic mass is 35.5. The second-order valence-electron chi connectivity index (χ2n) is 5.39. The average Bonchev–Trinajstić information content (AvgIpc) is 2.87. The molecule has 134 valence electrons. The third-order valence-corrected chi connectivity index (χ3v) is 4.92. The average molecular weight is 377 g/mol. The molecular formula is C12H20ClF3N4O2S. The van der Waals surface area contributed by atoms with Crippen LogP contribution in [-0.2, 0) is 16.6 Å². The number of sulfonamides is 1. The van der Waals surface area contributed by atoms with Crippen molar-refractivity contribution in [2.24, 2.45) is 5.92 Å². The van der Waals surface area contributed by atoms with Gasteiger partial charge in [-0.25, -0.2) is 13.1 Å². The lowest BCUT2D eigenvalue weighted by Gasteiger charge is -2.22. The Kier molecular flexibility index (Phi) is 7.30. The Labute approximate surface area is 139 Å². The van der Waals surface area contributed by atoms with Crippen LogP contribution in [0.5, 0.6) is 0 Å². The molecule has 2 N–H and O–H groups in total. The van der Waals surface area contributed by atoms with Crippen molar-refractivity contribution in [3.63, 3.8) is 0 Å². The Morgan fingerprint density at radius 2 is 2.17 bits per heavy atom. The summed E-state index contributed by atoms with van der Waals surface area (Å²) in [6, 6.07) is 0. The minimum Gasteiger partial charge on any atom is -0.316 e. The minimum absolute atomic E-state index is 0. The minimum atomic E-state index is -4.44. The molecule has 0 aromatic carbocycles. The lowest BCUT2D eigenvalue weighted by Crippen LogP contribution is -2.33. The molecule has 1 aromatic heterocycles. The van der Waals surface area contributed by atoms with Gasteiger partial charge < -0.3 is 5.32 Å². The van der Waals surface area contributed by atoms with Crippen molar-refractivity contribution in [2.45, 2.75) is 36.9 Å². The molecule has 1 aliphatic heterocycles. The first kappa shape index (κ1) is 20.2. The molecular weight excluding hydrogens is 357 g/mol. The summed E-state index contributed by atoms with van der Waals surface area (Å²) in [4.78, 5) is -0.251. The van der Waals surface area contributed by atoms with Crippen LogP contribution in [0, 0.1) is 5.92 Å². The van der Waals surface area contributed by atoms with Gasteiger partial charge in [0.15, 0.2) is 0 Å². The largest absolute Gasteiger partial charge is 0.408 e. The topological polar surface area (TPSA) is 76.0 Å². The number of piperidine rings is 1. The van der Waals surface area contributed by atoms with E-state index in [2.05, 4.69) is 15.1 Å². The fourth-order valence-corrected chi connectivity index (χ4v) is 3.40. The summed E-state index contributed by atoms with van der Waals surface area (Å²) < 4.78 is 63.6. The van der Waals surface area contributed by atoms with Gasteiger partial charge in [0.1, 0.15) is 11.4 Å². The third-order valence-electron chi connectivity index (χ3n) is 3.50. The molecule has 23 heavy (non-hydrogen) atoms. The van der Waals surface area contributed by atoms with Gasteiger partial charge >= 0.3 is 6.18 Å². The maximum absolute atomic E-state index is 12.2. The summed E-state index contributed by atoms with van der Waals surface area (Å²) in [6.07, 6.45) is 0.200. The van der Waals surface area contributed by atoms with Crippen LogP contribution in [-0.4, -0.2) is 44.0 Å². The SMILES string of the molecule is Cl.O=S(=O)(NCCC1CCCNC1)c1cnn(CC(F)(F)F)c1. The molecule has 0 bridgehead atoms. The zero-order chi connectivity index (χ0) is 16.2. The third kappa shape index (κ3) is 6.66. The number of rotatable bonds is 6. The molecule has 1 aliphatic rings. The van der Waals surface area contributed by atoms with E-state index in [-0.39, 0.29) is 23.8 Å². The molecule has 0 amide bonds. The van der Waals surface area contributed by atoms with Gasteiger partial charge in [-0.05, 0) is 38.3 Å². The highest BCUT2D eigenvalue weighted by molar-refractivity contribution is 7.89. The zero-order valence-electron chi connectivity index (χ0n) is 12.3. The zero-order valence-corrected chi connectivity index (χ0v) is 14.0. The number of nitrogens with one attached hydrogen (secondary N) is 2. The van der Waals surface area contributed by atoms with Crippen LogP contribution in [0.25, 0.3) is 0 Å². The molecule has 11 heteroatoms. The molecule has 1 fully saturated rings. The summed E-state index contributed by atoms with van der Waals surface area (Å²) in [6.45, 7) is 0.807. The van der Waals surface area contributed by atoms with Gasteiger partial charge in [-0.3, -0.25) is 4.68 Å². The molecule has 1 saturated heterocycles. The van der Waals surface area contributed by atoms with Crippen molar-refractivity contribution in [3.05, 3.63) is 12.4 Å². The van der Waals surface area contributed by atoms with Crippen LogP contribution >= 0.6 is 12.4 Å². The van der Waals surface area contributed by atoms with Crippen molar-refractivity contribution < 1.29 is 21.6 Å². The Bertz CT molecular complexity index is 585. The fraction of sp³-hybridized carbons (Fsp3) is 0.750. The second kappa shape index (κ2) is 8.32. The quantitative estimate of drug-likeness (QED) is 0.789. The summed E-state index contributed by atoms with van der Waals surface area (Å²) in [5.74, 6) is 0.421. The van der Waals surface area contributed by atoms with E-state index < -0.39 is 22.7 Å². The normalized spacial score (nSPS) is 19.3. The van der Waals surface area contributed by atoms with Crippen LogP contribution in [0.2, 0.25) is 0 Å². The summed E-state index contributed by atoms with van der Waals surface area (Å²) in [5, 5.41) is 6.68. The molecule has 0 saturated carbocycles. The molecule has 0 aliphatic carbocycles. The van der Waals surface area contributed by atoms with Crippen LogP contribution < -0.4 is 10.0 Å². The van der Waals surface area contributed by atoms with E-state index in [0.29, 0.717) is 17.0 Å². The standard InChI is InChI=1S/C12H19F3N4O2S.ClH/c13-12(14,15)9-19-8-11(7-17-19)22(20,21)18-5-3-10-2-1-4-16-6-10;/h7-8,10,16,18H,1-6,9H2;1H. The van der Waals surface area contributed by atoms with E-state index in [0.717, 1.165) is 38.3 Å². The summed E-state index contributed by atoms with van der Waals surface area (Å²) >= 11 is 0. The second-order valence-corrected chi connectivity index (χ2v) is 7.15. The van der Waals surface area contributed by atoms with Crippen molar-refractivity contribution in [1.29, 1.82) is 0 Å². The summed E-state index contributed by atoms with van der Waals surface area (Å²) in [7, 11) is -3.82. The fourth-order valence-electron chi connectivity index (χ4n) is 2.40. The van der Waals surface area contributed by atoms with Gasteiger partial charge in [0.2, 0.25) is 10.0 Å². The van der Waals surface area contributed by atoms with E-state index in [1.165, 1.54) is 0 Å². The van der Waals surface area contributed by atoms with E-state index >= 15 is 0 Å². The molecule has 0 spiro atoms. The van der Waals surface area contributed by atoms with E-state index in [9.17, 15) is 21.6 Å². The number of hydrogen-bond acceptors (Lipinski definition) is 4. The van der Waals surface area contributed by atoms with Crippen LogP contribution in [0.1, 0.15) is 19.3 Å². The lowest BCUT2D eigenvalue weighted by atomic mass is 9.96. The Hall–Kier alpha value is -0.840. The van der Waals surface area contributed by atoms with Crippen molar-refractivity contribution >= 4 is 22.4 Å². The van der Waals surface area contributed by atoms with E-state index in [1.54, 1.807) is 0 Å². The number of nitrogens with zero attached hydrogens (tertiary/aromatic N) is 2. The van der Waals surface area contributed by atoms with Gasteiger partial charge in [0.05, 0.1) is 6.20 Å². The molecule has 6 nitrogen and oxygen atoms in total. The maximum atomic E-state index is 12.2. The van der Waals surface area contributed by atoms with Gasteiger partial charge in [0.25, 0.3) is 0 Å². The highest BCUT2D eigenvalue weighted by Gasteiger charge is 2.29. The van der Waals surface area contributed by atoms with Crippen LogP contribution in [0.4, 0.5) is 13.2 Å². The molecule has 0 radical (unpaired) electrons. The Morgan fingerprint density at radius 3 is 2.78 bits per heavy atom. The number of halogens is 4. The van der Waals surface area contributed by atoms with E-state index in [4.69, 9.17) is 0 Å². The molecule has 2 rings (SSSR count). The first-order chi connectivity index (χ1) is 10.3. The Balaban J connectivity index is 0.00000264. The molecule has 1 atom stereocenters. The van der Waals surface area contributed by atoms with Crippen LogP contribution in [0.15, 0.2) is 17.3 Å². The first-order valence-electron chi connectivity index (χ1n) is 7.06. The number of alkyl halides is 3. The summed E-state index contributed by atoms with van der Waals surface area (Å²) in [5.41, 5.74) is 0. The predicted octanol–water partition coefficient (Wildman–Crippen LogP) is 1.54. The molecule has 1 aromatic rings. The first-order valence-corrected chi connectivity index (χ1v) is 8.54. The van der Waals surface area contributed by atoms with Gasteiger partial charge in [-0.1, -0.05) is 0 Å². The lowest BCUT2D eigenvalue weighted by molar-refractivity contribution is -0.142. The van der Waals surface area contributed by atoms with E-state index in [1.807, 2.05) is 0 Å². The maximum Gasteiger partial charge on any atom is 0.408 e. The highest BCUT2D eigenvalue weighted by Crippen LogP contribution is 2.18. The van der Waals surface area contributed by atoms with Crippen LogP contribution in [0.3, 0.4) is 0 Å². The number of hydrogen-bond donors (Lipinski definition) is 2. The smallest absolute Gasteiger partial charge is 0.316 e. The van der Waals surface area contributed by atoms with Crippen molar-refractivity contribution in [3.8, 4) is 0 Å². The van der Waals surface area contributed by atoms with Crippen molar-refractivity contribution in [1.82, 2.24) is 19.8 Å². The Morgan fingerprint density at radius 1 is 1.43 bits per heavy atom. The molecule has 2 heterocycles. The predicted molar refractivity (Wildman–Crippen MR) is 80.9 cm³/mol. The number of aromatic nitrogens is 2. The monoisotopic (exact) mass is 376 g/mol.